The highest BCUT2D eigenvalue weighted by Crippen LogP contribution is 2.46. The molecule has 3 heteroatoms. The van der Waals surface area contributed by atoms with Gasteiger partial charge in [0.2, 0.25) is 0 Å². The largest absolute Gasteiger partial charge is 0.465 e. The topological polar surface area (TPSA) is 29.5 Å². The molecule has 1 aliphatic carbocycles. The van der Waals surface area contributed by atoms with Crippen molar-refractivity contribution in [2.75, 3.05) is 19.7 Å². The van der Waals surface area contributed by atoms with Crippen LogP contribution in [0.25, 0.3) is 0 Å². The third kappa shape index (κ3) is 1.48. The third-order valence-corrected chi connectivity index (χ3v) is 4.29. The maximum Gasteiger partial charge on any atom is 0.323 e. The number of nitrogens with zero attached hydrogens (tertiary/aromatic N) is 1. The van der Waals surface area contributed by atoms with Crippen molar-refractivity contribution in [1.82, 2.24) is 4.90 Å². The van der Waals surface area contributed by atoms with Gasteiger partial charge in [-0.3, -0.25) is 9.69 Å². The summed E-state index contributed by atoms with van der Waals surface area (Å²) < 4.78 is 5.19. The van der Waals surface area contributed by atoms with E-state index in [9.17, 15) is 4.79 Å². The second-order valence-corrected chi connectivity index (χ2v) is 5.35. The lowest BCUT2D eigenvalue weighted by atomic mass is 9.65. The average Bonchev–Trinajstić information content (AvgIpc) is 2.15. The number of rotatable bonds is 2. The molecule has 0 radical (unpaired) electrons. The molecule has 0 aromatic rings. The molecule has 4 fully saturated rings. The van der Waals surface area contributed by atoms with Gasteiger partial charge < -0.3 is 4.74 Å². The van der Waals surface area contributed by atoms with Crippen molar-refractivity contribution in [3.8, 4) is 0 Å². The lowest BCUT2D eigenvalue weighted by Crippen LogP contribution is -2.62. The van der Waals surface area contributed by atoms with Gasteiger partial charge in [0.15, 0.2) is 0 Å². The number of carbonyl (C=O) groups is 1. The van der Waals surface area contributed by atoms with Crippen molar-refractivity contribution in [2.45, 2.75) is 32.2 Å². The van der Waals surface area contributed by atoms with Crippen LogP contribution in [0.1, 0.15) is 26.2 Å². The highest BCUT2D eigenvalue weighted by Gasteiger charge is 2.50. The fourth-order valence-corrected chi connectivity index (χ4v) is 4.00. The lowest BCUT2D eigenvalue weighted by molar-refractivity contribution is -0.163. The monoisotopic (exact) mass is 209 g/mol. The molecule has 0 aromatic carbocycles. The van der Waals surface area contributed by atoms with E-state index in [-0.39, 0.29) is 12.0 Å². The first-order chi connectivity index (χ1) is 7.28. The van der Waals surface area contributed by atoms with Gasteiger partial charge in [0, 0.05) is 13.1 Å². The first-order valence-electron chi connectivity index (χ1n) is 6.18. The molecule has 0 spiro atoms. The summed E-state index contributed by atoms with van der Waals surface area (Å²) in [6.45, 7) is 4.68. The van der Waals surface area contributed by atoms with Gasteiger partial charge in [-0.25, -0.2) is 0 Å². The predicted molar refractivity (Wildman–Crippen MR) is 56.3 cm³/mol. The van der Waals surface area contributed by atoms with Gasteiger partial charge in [-0.2, -0.15) is 0 Å². The van der Waals surface area contributed by atoms with Gasteiger partial charge in [-0.15, -0.1) is 0 Å². The molecule has 4 rings (SSSR count). The van der Waals surface area contributed by atoms with Crippen LogP contribution in [0.15, 0.2) is 0 Å². The maximum atomic E-state index is 11.9. The summed E-state index contributed by atoms with van der Waals surface area (Å²) in [5, 5.41) is 0. The lowest BCUT2D eigenvalue weighted by Gasteiger charge is -2.55. The molecule has 84 valence electrons. The van der Waals surface area contributed by atoms with Gasteiger partial charge in [-0.1, -0.05) is 0 Å². The molecule has 0 amide bonds. The van der Waals surface area contributed by atoms with Crippen LogP contribution in [0.5, 0.6) is 0 Å². The summed E-state index contributed by atoms with van der Waals surface area (Å²) in [5.74, 6) is 2.36. The first-order valence-corrected chi connectivity index (χ1v) is 6.18. The van der Waals surface area contributed by atoms with E-state index in [1.165, 1.54) is 19.3 Å². The van der Waals surface area contributed by atoms with Crippen molar-refractivity contribution >= 4 is 5.97 Å². The minimum atomic E-state index is 0.0290. The standard InChI is InChI=1S/C12H19NO2/c1-2-15-12(14)11-10-4-8-3-9(5-10)7-13(11)6-8/h8-11H,2-7H2,1H3. The van der Waals surface area contributed by atoms with Crippen LogP contribution in [0.4, 0.5) is 0 Å². The summed E-state index contributed by atoms with van der Waals surface area (Å²) in [6, 6.07) is 0.0951. The molecule has 3 heterocycles. The van der Waals surface area contributed by atoms with Crippen LogP contribution < -0.4 is 0 Å². The number of ether oxygens (including phenoxy) is 1. The molecule has 3 unspecified atom stereocenters. The van der Waals surface area contributed by atoms with Gasteiger partial charge in [0.05, 0.1) is 6.61 Å². The van der Waals surface area contributed by atoms with E-state index in [1.807, 2.05) is 6.92 Å². The highest BCUT2D eigenvalue weighted by molar-refractivity contribution is 5.76. The van der Waals surface area contributed by atoms with Crippen LogP contribution in [-0.2, 0) is 9.53 Å². The minimum Gasteiger partial charge on any atom is -0.465 e. The Labute approximate surface area is 90.8 Å². The molecule has 0 N–H and O–H groups in total. The molecule has 15 heavy (non-hydrogen) atoms. The smallest absolute Gasteiger partial charge is 0.323 e. The van der Waals surface area contributed by atoms with E-state index < -0.39 is 0 Å². The minimum absolute atomic E-state index is 0.0290. The summed E-state index contributed by atoms with van der Waals surface area (Å²) in [5.41, 5.74) is 0. The summed E-state index contributed by atoms with van der Waals surface area (Å²) >= 11 is 0. The van der Waals surface area contributed by atoms with Gasteiger partial charge in [-0.05, 0) is 43.9 Å². The number of carbonyl (C=O) groups excluding carboxylic acids is 1. The molecule has 3 atom stereocenters. The SMILES string of the molecule is CCOC(=O)C1C2CC3CC(C2)CN1C3. The van der Waals surface area contributed by atoms with Gasteiger partial charge in [0.25, 0.3) is 0 Å². The molecular weight excluding hydrogens is 190 g/mol. The van der Waals surface area contributed by atoms with Crippen molar-refractivity contribution in [3.05, 3.63) is 0 Å². The van der Waals surface area contributed by atoms with Crippen LogP contribution in [0.3, 0.4) is 0 Å². The fraction of sp³-hybridized carbons (Fsp3) is 0.917. The molecule has 0 aromatic heterocycles. The number of hydrogen-bond donors (Lipinski definition) is 0. The molecule has 1 saturated carbocycles. The zero-order valence-electron chi connectivity index (χ0n) is 9.32. The highest BCUT2D eigenvalue weighted by atomic mass is 16.5. The van der Waals surface area contributed by atoms with E-state index in [0.29, 0.717) is 12.5 Å². The van der Waals surface area contributed by atoms with Crippen molar-refractivity contribution in [3.63, 3.8) is 0 Å². The fourth-order valence-electron chi connectivity index (χ4n) is 4.00. The van der Waals surface area contributed by atoms with Gasteiger partial charge >= 0.3 is 5.97 Å². The number of esters is 1. The van der Waals surface area contributed by atoms with Crippen molar-refractivity contribution < 1.29 is 9.53 Å². The Morgan fingerprint density at radius 2 is 1.93 bits per heavy atom. The Balaban J connectivity index is 1.77. The normalized spacial score (nSPS) is 46.9. The van der Waals surface area contributed by atoms with E-state index in [1.54, 1.807) is 0 Å². The Morgan fingerprint density at radius 1 is 1.27 bits per heavy atom. The second kappa shape index (κ2) is 3.48. The van der Waals surface area contributed by atoms with E-state index in [2.05, 4.69) is 4.90 Å². The van der Waals surface area contributed by atoms with Crippen molar-refractivity contribution in [2.24, 2.45) is 17.8 Å². The van der Waals surface area contributed by atoms with E-state index >= 15 is 0 Å². The molecule has 4 aliphatic rings. The zero-order chi connectivity index (χ0) is 10.4. The second-order valence-electron chi connectivity index (χ2n) is 5.35. The Morgan fingerprint density at radius 3 is 2.47 bits per heavy atom. The zero-order valence-corrected chi connectivity index (χ0v) is 9.32. The first kappa shape index (κ1) is 9.64. The van der Waals surface area contributed by atoms with Crippen LogP contribution in [0.2, 0.25) is 0 Å². The quantitative estimate of drug-likeness (QED) is 0.642. The maximum absolute atomic E-state index is 11.9. The molecule has 3 aliphatic heterocycles. The number of piperidine rings is 3. The van der Waals surface area contributed by atoms with Crippen LogP contribution >= 0.6 is 0 Å². The van der Waals surface area contributed by atoms with Crippen LogP contribution in [0, 0.1) is 17.8 Å². The number of hydrogen-bond acceptors (Lipinski definition) is 3. The Hall–Kier alpha value is -0.570. The van der Waals surface area contributed by atoms with E-state index in [4.69, 9.17) is 4.74 Å². The average molecular weight is 209 g/mol. The molecule has 3 nitrogen and oxygen atoms in total. The van der Waals surface area contributed by atoms with Crippen molar-refractivity contribution in [1.29, 1.82) is 0 Å². The predicted octanol–water partition coefficient (Wildman–Crippen LogP) is 1.28. The molecular formula is C12H19NO2. The van der Waals surface area contributed by atoms with Crippen LogP contribution in [-0.4, -0.2) is 36.6 Å². The molecule has 3 saturated heterocycles. The Kier molecular flexibility index (Phi) is 2.23. The Bertz CT molecular complexity index is 249. The van der Waals surface area contributed by atoms with Gasteiger partial charge in [0.1, 0.15) is 6.04 Å². The third-order valence-electron chi connectivity index (χ3n) is 4.29. The molecule has 4 bridgehead atoms. The summed E-state index contributed by atoms with van der Waals surface area (Å²) in [6.07, 6.45) is 3.93. The summed E-state index contributed by atoms with van der Waals surface area (Å²) in [4.78, 5) is 14.3. The van der Waals surface area contributed by atoms with E-state index in [0.717, 1.165) is 24.9 Å². The summed E-state index contributed by atoms with van der Waals surface area (Å²) in [7, 11) is 0.